The van der Waals surface area contributed by atoms with Crippen LogP contribution in [0.5, 0.6) is 0 Å². The van der Waals surface area contributed by atoms with Crippen LogP contribution >= 0.6 is 34.5 Å². The number of carbonyl (C=O) groups excluding carboxylic acids is 2. The summed E-state index contributed by atoms with van der Waals surface area (Å²) in [7, 11) is 1.25. The lowest BCUT2D eigenvalue weighted by atomic mass is 9.85. The Labute approximate surface area is 233 Å². The van der Waals surface area contributed by atoms with Gasteiger partial charge in [-0.15, -0.1) is 17.9 Å². The molecule has 38 heavy (non-hydrogen) atoms. The van der Waals surface area contributed by atoms with E-state index in [1.165, 1.54) is 24.5 Å². The molecule has 2 N–H and O–H groups in total. The highest BCUT2D eigenvalue weighted by atomic mass is 35.5. The minimum absolute atomic E-state index is 0.0551. The largest absolute Gasteiger partial charge is 0.467 e. The molecule has 0 spiro atoms. The maximum atomic E-state index is 13.3. The first-order chi connectivity index (χ1) is 18.4. The molecular weight excluding hydrogens is 545 g/mol. The van der Waals surface area contributed by atoms with Crippen LogP contribution in [0.4, 0.5) is 5.69 Å². The summed E-state index contributed by atoms with van der Waals surface area (Å²) in [6, 6.07) is 13.1. The molecular formula is C27H23Cl2N5O3S. The van der Waals surface area contributed by atoms with Crippen LogP contribution in [-0.2, 0) is 15.1 Å². The Morgan fingerprint density at radius 2 is 1.76 bits per heavy atom. The van der Waals surface area contributed by atoms with E-state index in [0.29, 0.717) is 11.4 Å². The molecule has 0 radical (unpaired) electrons. The molecule has 194 valence electrons. The number of anilines is 1. The summed E-state index contributed by atoms with van der Waals surface area (Å²) in [6.07, 6.45) is 4.92. The number of thiazole rings is 1. The van der Waals surface area contributed by atoms with E-state index in [-0.39, 0.29) is 22.0 Å². The van der Waals surface area contributed by atoms with E-state index in [2.05, 4.69) is 32.2 Å². The summed E-state index contributed by atoms with van der Waals surface area (Å²) in [5, 5.41) is 8.43. The van der Waals surface area contributed by atoms with Crippen molar-refractivity contribution in [2.45, 2.75) is 18.0 Å². The fraction of sp³-hybridized carbons (Fsp3) is 0.148. The predicted molar refractivity (Wildman–Crippen MR) is 148 cm³/mol. The molecule has 4 rings (SSSR count). The number of amides is 1. The Morgan fingerprint density at radius 3 is 2.34 bits per heavy atom. The number of esters is 1. The van der Waals surface area contributed by atoms with Gasteiger partial charge in [0.15, 0.2) is 11.4 Å². The Hall–Kier alpha value is -3.79. The summed E-state index contributed by atoms with van der Waals surface area (Å²) in [5.74, 6) is -0.741. The van der Waals surface area contributed by atoms with Gasteiger partial charge in [-0.05, 0) is 35.9 Å². The normalized spacial score (nSPS) is 13.1. The van der Waals surface area contributed by atoms with Crippen molar-refractivity contribution in [3.8, 4) is 0 Å². The SMILES string of the molecule is C=CC[C@@](NC(=O)c1c(Cl)cccc1Cl)(C(=O)OC)c1ccc(NC(c2cscn2)c2ncccn2)cc1. The minimum Gasteiger partial charge on any atom is -0.467 e. The number of carbonyl (C=O) groups is 2. The molecule has 0 saturated carbocycles. The lowest BCUT2D eigenvalue weighted by Gasteiger charge is -2.32. The summed E-state index contributed by atoms with van der Waals surface area (Å²) < 4.78 is 5.11. The molecule has 0 bridgehead atoms. The summed E-state index contributed by atoms with van der Waals surface area (Å²) in [4.78, 5) is 39.6. The number of methoxy groups -OCH3 is 1. The van der Waals surface area contributed by atoms with Crippen LogP contribution in [0.25, 0.3) is 0 Å². The fourth-order valence-corrected chi connectivity index (χ4v) is 5.12. The maximum Gasteiger partial charge on any atom is 0.336 e. The lowest BCUT2D eigenvalue weighted by Crippen LogP contribution is -2.52. The van der Waals surface area contributed by atoms with Gasteiger partial charge in [0.05, 0.1) is 33.9 Å². The van der Waals surface area contributed by atoms with Gasteiger partial charge >= 0.3 is 5.97 Å². The molecule has 0 aliphatic carbocycles. The van der Waals surface area contributed by atoms with Crippen LogP contribution < -0.4 is 10.6 Å². The van der Waals surface area contributed by atoms with Crippen LogP contribution in [0, 0.1) is 0 Å². The molecule has 2 atom stereocenters. The van der Waals surface area contributed by atoms with Gasteiger partial charge in [0.1, 0.15) is 6.04 Å². The number of halogens is 2. The first-order valence-corrected chi connectivity index (χ1v) is 13.1. The minimum atomic E-state index is -1.58. The molecule has 2 aromatic heterocycles. The monoisotopic (exact) mass is 567 g/mol. The third-order valence-electron chi connectivity index (χ3n) is 5.78. The second-order valence-corrected chi connectivity index (χ2v) is 9.65. The van der Waals surface area contributed by atoms with E-state index >= 15 is 0 Å². The van der Waals surface area contributed by atoms with Crippen molar-refractivity contribution >= 4 is 52.1 Å². The summed E-state index contributed by atoms with van der Waals surface area (Å²) in [6.45, 7) is 3.78. The molecule has 2 aromatic carbocycles. The maximum absolute atomic E-state index is 13.3. The van der Waals surface area contributed by atoms with Crippen molar-refractivity contribution in [1.29, 1.82) is 0 Å². The van der Waals surface area contributed by atoms with E-state index in [1.807, 2.05) is 5.38 Å². The zero-order chi connectivity index (χ0) is 27.1. The smallest absolute Gasteiger partial charge is 0.336 e. The molecule has 8 nitrogen and oxygen atoms in total. The van der Waals surface area contributed by atoms with Gasteiger partial charge in [0.2, 0.25) is 0 Å². The van der Waals surface area contributed by atoms with Crippen molar-refractivity contribution in [3.63, 3.8) is 0 Å². The third kappa shape index (κ3) is 5.70. The number of benzene rings is 2. The van der Waals surface area contributed by atoms with E-state index in [0.717, 1.165) is 11.4 Å². The molecule has 0 aliphatic heterocycles. The van der Waals surface area contributed by atoms with Crippen LogP contribution in [0.2, 0.25) is 10.0 Å². The van der Waals surface area contributed by atoms with Gasteiger partial charge in [-0.2, -0.15) is 0 Å². The lowest BCUT2D eigenvalue weighted by molar-refractivity contribution is -0.148. The van der Waals surface area contributed by atoms with Gasteiger partial charge < -0.3 is 15.4 Å². The van der Waals surface area contributed by atoms with E-state index in [1.54, 1.807) is 66.4 Å². The number of rotatable bonds is 10. The number of nitrogens with one attached hydrogen (secondary N) is 2. The number of hydrogen-bond donors (Lipinski definition) is 2. The van der Waals surface area contributed by atoms with Gasteiger partial charge in [0, 0.05) is 29.9 Å². The zero-order valence-electron chi connectivity index (χ0n) is 20.2. The average molecular weight is 568 g/mol. The second kappa shape index (κ2) is 12.2. The highest BCUT2D eigenvalue weighted by Gasteiger charge is 2.42. The molecule has 4 aromatic rings. The molecule has 1 unspecified atom stereocenters. The molecule has 2 heterocycles. The Kier molecular flexibility index (Phi) is 8.73. The van der Waals surface area contributed by atoms with Crippen LogP contribution in [0.3, 0.4) is 0 Å². The van der Waals surface area contributed by atoms with Crippen molar-refractivity contribution in [2.24, 2.45) is 0 Å². The standard InChI is InChI=1S/C27H23Cl2N5O3S/c1-3-12-27(26(36)37-2,34-25(35)22-19(28)6-4-7-20(22)29)17-8-10-18(11-9-17)33-23(21-15-38-16-32-21)24-30-13-5-14-31-24/h3-11,13-16,23,33H,1,12H2,2H3,(H,34,35)/t23?,27-/m0/s1. The molecule has 11 heteroatoms. The highest BCUT2D eigenvalue weighted by molar-refractivity contribution is 7.07. The third-order valence-corrected chi connectivity index (χ3v) is 7.02. The summed E-state index contributed by atoms with van der Waals surface area (Å²) >= 11 is 14.0. The molecule has 0 aliphatic rings. The zero-order valence-corrected chi connectivity index (χ0v) is 22.6. The molecule has 0 saturated heterocycles. The van der Waals surface area contributed by atoms with Crippen LogP contribution in [-0.4, -0.2) is 33.9 Å². The average Bonchev–Trinajstić information content (AvgIpc) is 3.46. The first-order valence-electron chi connectivity index (χ1n) is 11.4. The quantitative estimate of drug-likeness (QED) is 0.184. The van der Waals surface area contributed by atoms with Crippen molar-refractivity contribution in [3.05, 3.63) is 117 Å². The highest BCUT2D eigenvalue weighted by Crippen LogP contribution is 2.32. The Morgan fingerprint density at radius 1 is 1.08 bits per heavy atom. The van der Waals surface area contributed by atoms with Crippen molar-refractivity contribution in [2.75, 3.05) is 12.4 Å². The van der Waals surface area contributed by atoms with Crippen LogP contribution in [0.15, 0.2) is 84.5 Å². The molecule has 1 amide bonds. The Balaban J connectivity index is 1.69. The number of aromatic nitrogens is 3. The predicted octanol–water partition coefficient (Wildman–Crippen LogP) is 5.82. The van der Waals surface area contributed by atoms with Gasteiger partial charge in [-0.25, -0.2) is 19.7 Å². The van der Waals surface area contributed by atoms with Gasteiger partial charge in [-0.1, -0.05) is 47.5 Å². The van der Waals surface area contributed by atoms with E-state index < -0.39 is 23.5 Å². The first kappa shape index (κ1) is 27.3. The Bertz CT molecular complexity index is 1400. The van der Waals surface area contributed by atoms with Crippen molar-refractivity contribution in [1.82, 2.24) is 20.3 Å². The number of hydrogen-bond acceptors (Lipinski definition) is 8. The van der Waals surface area contributed by atoms with Crippen LogP contribution in [0.1, 0.15) is 39.9 Å². The second-order valence-electron chi connectivity index (χ2n) is 8.12. The topological polar surface area (TPSA) is 106 Å². The van der Waals surface area contributed by atoms with Crippen molar-refractivity contribution < 1.29 is 14.3 Å². The number of ether oxygens (including phenoxy) is 1. The fourth-order valence-electron chi connectivity index (χ4n) is 3.97. The van der Waals surface area contributed by atoms with Gasteiger partial charge in [-0.3, -0.25) is 4.79 Å². The molecule has 0 fully saturated rings. The summed E-state index contributed by atoms with van der Waals surface area (Å²) in [5.41, 5.74) is 2.19. The van der Waals surface area contributed by atoms with Gasteiger partial charge in [0.25, 0.3) is 5.91 Å². The number of nitrogens with zero attached hydrogens (tertiary/aromatic N) is 3. The van der Waals surface area contributed by atoms with E-state index in [4.69, 9.17) is 27.9 Å². The van der Waals surface area contributed by atoms with E-state index in [9.17, 15) is 9.59 Å².